The van der Waals surface area contributed by atoms with E-state index in [1.807, 2.05) is 0 Å². The summed E-state index contributed by atoms with van der Waals surface area (Å²) in [5.74, 6) is -2.87. The average molecular weight is 261 g/mol. The lowest BCUT2D eigenvalue weighted by Gasteiger charge is -2.13. The van der Waals surface area contributed by atoms with Crippen LogP contribution in [0.3, 0.4) is 0 Å². The second-order valence-corrected chi connectivity index (χ2v) is 2.81. The molecule has 0 spiro atoms. The van der Waals surface area contributed by atoms with E-state index in [2.05, 4.69) is 9.72 Å². The summed E-state index contributed by atoms with van der Waals surface area (Å²) in [6, 6.07) is 0. The van der Waals surface area contributed by atoms with Gasteiger partial charge in [-0.1, -0.05) is 0 Å². The van der Waals surface area contributed by atoms with Gasteiger partial charge in [0, 0.05) is 0 Å². The van der Waals surface area contributed by atoms with E-state index in [0.717, 1.165) is 0 Å². The van der Waals surface area contributed by atoms with E-state index in [1.54, 1.807) is 0 Å². The van der Waals surface area contributed by atoms with Gasteiger partial charge in [0.05, 0.1) is 18.4 Å². The highest BCUT2D eigenvalue weighted by Crippen LogP contribution is 2.31. The fourth-order valence-corrected chi connectivity index (χ4v) is 1.04. The Morgan fingerprint density at radius 2 is 1.94 bits per heavy atom. The van der Waals surface area contributed by atoms with Crippen LogP contribution in [0.2, 0.25) is 0 Å². The van der Waals surface area contributed by atoms with Crippen molar-refractivity contribution in [3.63, 3.8) is 0 Å². The molecule has 0 bridgehead atoms. The van der Waals surface area contributed by atoms with Crippen LogP contribution in [-0.2, 0) is 6.61 Å². The van der Waals surface area contributed by atoms with E-state index >= 15 is 0 Å². The van der Waals surface area contributed by atoms with Crippen LogP contribution in [0.15, 0.2) is 6.20 Å². The molecule has 0 aliphatic rings. The number of aromatic nitrogens is 1. The highest BCUT2D eigenvalue weighted by Gasteiger charge is 2.33. The van der Waals surface area contributed by atoms with Crippen molar-refractivity contribution >= 4 is 0 Å². The van der Waals surface area contributed by atoms with Crippen LogP contribution in [0.25, 0.3) is 0 Å². The molecule has 1 N–H and O–H groups in total. The first-order chi connectivity index (χ1) is 7.76. The molecule has 0 atom stereocenters. The molecule has 0 fully saturated rings. The van der Waals surface area contributed by atoms with Gasteiger partial charge in [0.25, 0.3) is 6.43 Å². The molecule has 1 rings (SSSR count). The van der Waals surface area contributed by atoms with Crippen molar-refractivity contribution in [2.24, 2.45) is 0 Å². The van der Waals surface area contributed by atoms with Gasteiger partial charge in [0.15, 0.2) is 11.6 Å². The van der Waals surface area contributed by atoms with Crippen LogP contribution < -0.4 is 4.74 Å². The summed E-state index contributed by atoms with van der Waals surface area (Å²) in [5, 5.41) is 8.64. The Kier molecular flexibility index (Phi) is 3.81. The topological polar surface area (TPSA) is 42.4 Å². The minimum atomic E-state index is -5.13. The zero-order valence-corrected chi connectivity index (χ0v) is 7.93. The summed E-state index contributed by atoms with van der Waals surface area (Å²) in [7, 11) is 0. The predicted octanol–water partition coefficient (Wildman–Crippen LogP) is 2.55. The maximum atomic E-state index is 13.2. The Hall–Kier alpha value is -1.51. The number of halogens is 6. The van der Waals surface area contributed by atoms with E-state index in [0.29, 0.717) is 0 Å². The standard InChI is InChI=1S/C8H5F6NO2/c9-5-3(2-16)4(17-8(12,13)14)1-15-6(5)7(10)11/h1,7,16H,2H2. The molecule has 0 unspecified atom stereocenters. The van der Waals surface area contributed by atoms with Crippen molar-refractivity contribution in [3.8, 4) is 5.75 Å². The average Bonchev–Trinajstić information content (AvgIpc) is 2.15. The molecule has 1 aromatic heterocycles. The molecule has 0 aromatic carbocycles. The number of ether oxygens (including phenoxy) is 1. The minimum Gasteiger partial charge on any atom is -0.404 e. The predicted molar refractivity (Wildman–Crippen MR) is 41.8 cm³/mol. The maximum absolute atomic E-state index is 13.2. The molecule has 0 saturated carbocycles. The van der Waals surface area contributed by atoms with Crippen molar-refractivity contribution in [2.45, 2.75) is 19.4 Å². The Morgan fingerprint density at radius 1 is 1.35 bits per heavy atom. The number of hydrogen-bond donors (Lipinski definition) is 1. The largest absolute Gasteiger partial charge is 0.573 e. The van der Waals surface area contributed by atoms with Gasteiger partial charge < -0.3 is 9.84 Å². The normalized spacial score (nSPS) is 12.0. The summed E-state index contributed by atoms with van der Waals surface area (Å²) in [6.45, 7) is -1.22. The smallest absolute Gasteiger partial charge is 0.404 e. The Bertz CT molecular complexity index is 406. The zero-order valence-electron chi connectivity index (χ0n) is 7.93. The monoisotopic (exact) mass is 261 g/mol. The Labute approximate surface area is 90.6 Å². The first-order valence-corrected chi connectivity index (χ1v) is 4.08. The summed E-state index contributed by atoms with van der Waals surface area (Å²) >= 11 is 0. The van der Waals surface area contributed by atoms with Crippen LogP contribution in [0, 0.1) is 5.82 Å². The third-order valence-corrected chi connectivity index (χ3v) is 1.70. The molecule has 96 valence electrons. The molecule has 3 nitrogen and oxygen atoms in total. The Morgan fingerprint density at radius 3 is 2.35 bits per heavy atom. The molecular weight excluding hydrogens is 256 g/mol. The quantitative estimate of drug-likeness (QED) is 0.850. The molecule has 0 amide bonds. The fourth-order valence-electron chi connectivity index (χ4n) is 1.04. The highest BCUT2D eigenvalue weighted by molar-refractivity contribution is 5.34. The van der Waals surface area contributed by atoms with E-state index < -0.39 is 42.2 Å². The van der Waals surface area contributed by atoms with Crippen LogP contribution in [0.4, 0.5) is 26.3 Å². The first-order valence-electron chi connectivity index (χ1n) is 4.08. The third-order valence-electron chi connectivity index (χ3n) is 1.70. The number of aliphatic hydroxyl groups is 1. The van der Waals surface area contributed by atoms with Crippen LogP contribution in [-0.4, -0.2) is 16.5 Å². The van der Waals surface area contributed by atoms with Gasteiger partial charge >= 0.3 is 6.36 Å². The maximum Gasteiger partial charge on any atom is 0.573 e. The van der Waals surface area contributed by atoms with Gasteiger partial charge in [-0.15, -0.1) is 13.2 Å². The van der Waals surface area contributed by atoms with Gasteiger partial charge in [0.1, 0.15) is 5.69 Å². The first kappa shape index (κ1) is 13.6. The number of nitrogens with zero attached hydrogens (tertiary/aromatic N) is 1. The molecule has 1 aromatic rings. The van der Waals surface area contributed by atoms with Crippen molar-refractivity contribution < 1.29 is 36.2 Å². The molecule has 1 heterocycles. The number of hydrogen-bond acceptors (Lipinski definition) is 3. The molecule has 17 heavy (non-hydrogen) atoms. The summed E-state index contributed by atoms with van der Waals surface area (Å²) in [4.78, 5) is 2.81. The van der Waals surface area contributed by atoms with Crippen molar-refractivity contribution in [3.05, 3.63) is 23.3 Å². The second-order valence-electron chi connectivity index (χ2n) is 2.81. The van der Waals surface area contributed by atoms with Gasteiger partial charge in [-0.05, 0) is 0 Å². The lowest BCUT2D eigenvalue weighted by atomic mass is 10.2. The molecule has 0 aliphatic heterocycles. The van der Waals surface area contributed by atoms with Crippen molar-refractivity contribution in [2.75, 3.05) is 0 Å². The number of rotatable bonds is 3. The highest BCUT2D eigenvalue weighted by atomic mass is 19.4. The molecule has 9 heteroatoms. The summed E-state index contributed by atoms with van der Waals surface area (Å²) in [6.07, 6.45) is -8.16. The van der Waals surface area contributed by atoms with E-state index in [4.69, 9.17) is 5.11 Å². The summed E-state index contributed by atoms with van der Waals surface area (Å²) in [5.41, 5.74) is -2.36. The van der Waals surface area contributed by atoms with Crippen molar-refractivity contribution in [1.29, 1.82) is 0 Å². The zero-order chi connectivity index (χ0) is 13.2. The number of aliphatic hydroxyl groups excluding tert-OH is 1. The molecule has 0 saturated heterocycles. The summed E-state index contributed by atoms with van der Waals surface area (Å²) < 4.78 is 76.4. The minimum absolute atomic E-state index is 0.281. The van der Waals surface area contributed by atoms with Crippen LogP contribution >= 0.6 is 0 Å². The van der Waals surface area contributed by atoms with Crippen molar-refractivity contribution in [1.82, 2.24) is 4.98 Å². The second kappa shape index (κ2) is 4.78. The molecule has 0 radical (unpaired) electrons. The number of pyridine rings is 1. The van der Waals surface area contributed by atoms with Gasteiger partial charge in [-0.25, -0.2) is 18.2 Å². The molecule has 0 aliphatic carbocycles. The molecular formula is C8H5F6NO2. The van der Waals surface area contributed by atoms with E-state index in [1.165, 1.54) is 0 Å². The SMILES string of the molecule is OCc1c(OC(F)(F)F)cnc(C(F)F)c1F. The lowest BCUT2D eigenvalue weighted by Crippen LogP contribution is -2.19. The number of alkyl halides is 5. The third kappa shape index (κ3) is 3.22. The van der Waals surface area contributed by atoms with Crippen LogP contribution in [0.5, 0.6) is 5.75 Å². The Balaban J connectivity index is 3.21. The van der Waals surface area contributed by atoms with Gasteiger partial charge in [-0.2, -0.15) is 0 Å². The van der Waals surface area contributed by atoms with E-state index in [-0.39, 0.29) is 6.20 Å². The van der Waals surface area contributed by atoms with Gasteiger partial charge in [-0.3, -0.25) is 0 Å². The fraction of sp³-hybridized carbons (Fsp3) is 0.375. The van der Waals surface area contributed by atoms with E-state index in [9.17, 15) is 26.3 Å². The van der Waals surface area contributed by atoms with Crippen LogP contribution in [0.1, 0.15) is 17.7 Å². The lowest BCUT2D eigenvalue weighted by molar-refractivity contribution is -0.275. The van der Waals surface area contributed by atoms with Gasteiger partial charge in [0.2, 0.25) is 0 Å².